The minimum absolute atomic E-state index is 0.190. The predicted molar refractivity (Wildman–Crippen MR) is 89.9 cm³/mol. The van der Waals surface area contributed by atoms with Crippen molar-refractivity contribution >= 4 is 21.7 Å². The van der Waals surface area contributed by atoms with E-state index in [9.17, 15) is 26.4 Å². The van der Waals surface area contributed by atoms with Crippen LogP contribution in [0.25, 0.3) is 0 Å². The lowest BCUT2D eigenvalue weighted by molar-refractivity contribution is -0.137. The summed E-state index contributed by atoms with van der Waals surface area (Å²) in [6.07, 6.45) is -0.670. The van der Waals surface area contributed by atoms with Crippen LogP contribution in [0.4, 0.5) is 19.0 Å². The molecule has 0 bridgehead atoms. The van der Waals surface area contributed by atoms with E-state index < -0.39 is 27.8 Å². The number of aromatic nitrogens is 1. The minimum atomic E-state index is -4.44. The van der Waals surface area contributed by atoms with Crippen LogP contribution in [0.5, 0.6) is 0 Å². The standard InChI is InChI=1S/C15H21F3N4O3S/c1-26(24,25)22-9-3-2-4-12(22)14(23)20-8-7-19-13-6-5-11(10-21-13)15(16,17)18/h5-6,10,12H,2-4,7-9H2,1H3,(H,19,21)(H,20,23). The van der Waals surface area contributed by atoms with Gasteiger partial charge in [-0.15, -0.1) is 0 Å². The summed E-state index contributed by atoms with van der Waals surface area (Å²) in [4.78, 5) is 15.9. The number of carbonyl (C=O) groups excluding carboxylic acids is 1. The highest BCUT2D eigenvalue weighted by molar-refractivity contribution is 7.88. The van der Waals surface area contributed by atoms with E-state index in [0.717, 1.165) is 31.4 Å². The van der Waals surface area contributed by atoms with Crippen LogP contribution >= 0.6 is 0 Å². The van der Waals surface area contributed by atoms with Gasteiger partial charge in [-0.1, -0.05) is 6.42 Å². The fourth-order valence-corrected chi connectivity index (χ4v) is 3.85. The number of hydrogen-bond donors (Lipinski definition) is 2. The Morgan fingerprint density at radius 2 is 2.04 bits per heavy atom. The molecule has 1 aliphatic heterocycles. The number of rotatable bonds is 6. The largest absolute Gasteiger partial charge is 0.417 e. The lowest BCUT2D eigenvalue weighted by Crippen LogP contribution is -2.52. The molecule has 1 amide bonds. The molecular formula is C15H21F3N4O3S. The highest BCUT2D eigenvalue weighted by Gasteiger charge is 2.34. The zero-order valence-electron chi connectivity index (χ0n) is 14.2. The quantitative estimate of drug-likeness (QED) is 0.713. The van der Waals surface area contributed by atoms with Gasteiger partial charge in [0, 0.05) is 25.8 Å². The molecule has 11 heteroatoms. The fourth-order valence-electron chi connectivity index (χ4n) is 2.72. The van der Waals surface area contributed by atoms with E-state index in [0.29, 0.717) is 13.0 Å². The number of nitrogens with one attached hydrogen (secondary N) is 2. The molecule has 1 unspecified atom stereocenters. The molecule has 0 radical (unpaired) electrons. The number of amides is 1. The number of carbonyl (C=O) groups is 1. The number of sulfonamides is 1. The lowest BCUT2D eigenvalue weighted by Gasteiger charge is -2.32. The molecule has 146 valence electrons. The summed E-state index contributed by atoms with van der Waals surface area (Å²) in [5.41, 5.74) is -0.838. The maximum atomic E-state index is 12.5. The summed E-state index contributed by atoms with van der Waals surface area (Å²) >= 11 is 0. The smallest absolute Gasteiger partial charge is 0.368 e. The molecule has 0 aliphatic carbocycles. The molecule has 2 heterocycles. The van der Waals surface area contributed by atoms with Gasteiger partial charge >= 0.3 is 6.18 Å². The first-order valence-corrected chi connectivity index (χ1v) is 9.95. The Labute approximate surface area is 150 Å². The van der Waals surface area contributed by atoms with Gasteiger partial charge < -0.3 is 10.6 Å². The van der Waals surface area contributed by atoms with Crippen molar-refractivity contribution in [1.82, 2.24) is 14.6 Å². The summed E-state index contributed by atoms with van der Waals surface area (Å²) in [7, 11) is -3.45. The van der Waals surface area contributed by atoms with Gasteiger partial charge in [0.2, 0.25) is 15.9 Å². The van der Waals surface area contributed by atoms with Crippen LogP contribution < -0.4 is 10.6 Å². The molecule has 2 N–H and O–H groups in total. The monoisotopic (exact) mass is 394 g/mol. The van der Waals surface area contributed by atoms with Crippen LogP contribution in [0.15, 0.2) is 18.3 Å². The zero-order chi connectivity index (χ0) is 19.4. The summed E-state index contributed by atoms with van der Waals surface area (Å²) in [5.74, 6) is -0.125. The summed E-state index contributed by atoms with van der Waals surface area (Å²) < 4.78 is 62.1. The van der Waals surface area contributed by atoms with E-state index in [4.69, 9.17) is 0 Å². The van der Waals surface area contributed by atoms with E-state index in [2.05, 4.69) is 15.6 Å². The number of pyridine rings is 1. The number of nitrogens with zero attached hydrogens (tertiary/aromatic N) is 2. The summed E-state index contributed by atoms with van der Waals surface area (Å²) in [6, 6.07) is 1.40. The van der Waals surface area contributed by atoms with Crippen molar-refractivity contribution < 1.29 is 26.4 Å². The van der Waals surface area contributed by atoms with Gasteiger partial charge in [-0.2, -0.15) is 17.5 Å². The molecule has 26 heavy (non-hydrogen) atoms. The van der Waals surface area contributed by atoms with Crippen LogP contribution in [0.1, 0.15) is 24.8 Å². The van der Waals surface area contributed by atoms with Gasteiger partial charge in [-0.25, -0.2) is 13.4 Å². The normalized spacial score (nSPS) is 19.2. The van der Waals surface area contributed by atoms with Crippen molar-refractivity contribution in [3.05, 3.63) is 23.9 Å². The number of halogens is 3. The molecule has 0 saturated carbocycles. The average Bonchev–Trinajstić information content (AvgIpc) is 2.57. The molecule has 1 atom stereocenters. The predicted octanol–water partition coefficient (Wildman–Crippen LogP) is 1.44. The third kappa shape index (κ3) is 5.56. The molecule has 1 fully saturated rings. The van der Waals surface area contributed by atoms with Gasteiger partial charge in [-0.3, -0.25) is 4.79 Å². The van der Waals surface area contributed by atoms with Crippen LogP contribution in [0.3, 0.4) is 0 Å². The molecule has 1 saturated heterocycles. The van der Waals surface area contributed by atoms with E-state index >= 15 is 0 Å². The summed E-state index contributed by atoms with van der Waals surface area (Å²) in [5, 5.41) is 5.44. The van der Waals surface area contributed by atoms with Gasteiger partial charge in [0.15, 0.2) is 0 Å². The first kappa shape index (κ1) is 20.4. The molecular weight excluding hydrogens is 373 g/mol. The van der Waals surface area contributed by atoms with Crippen LogP contribution in [0, 0.1) is 0 Å². The lowest BCUT2D eigenvalue weighted by atomic mass is 10.0. The Hall–Kier alpha value is -1.88. The SMILES string of the molecule is CS(=O)(=O)N1CCCCC1C(=O)NCCNc1ccc(C(F)(F)F)cn1. The molecule has 7 nitrogen and oxygen atoms in total. The number of anilines is 1. The van der Waals surface area contributed by atoms with Crippen molar-refractivity contribution in [3.63, 3.8) is 0 Å². The Morgan fingerprint density at radius 3 is 2.62 bits per heavy atom. The Kier molecular flexibility index (Phi) is 6.45. The van der Waals surface area contributed by atoms with E-state index in [1.54, 1.807) is 0 Å². The highest BCUT2D eigenvalue weighted by atomic mass is 32.2. The minimum Gasteiger partial charge on any atom is -0.368 e. The van der Waals surface area contributed by atoms with Crippen LogP contribution in [-0.2, 0) is 21.0 Å². The second-order valence-corrected chi connectivity index (χ2v) is 7.97. The van der Waals surface area contributed by atoms with Crippen molar-refractivity contribution in [2.45, 2.75) is 31.5 Å². The van der Waals surface area contributed by atoms with E-state index in [1.165, 1.54) is 10.4 Å². The number of hydrogen-bond acceptors (Lipinski definition) is 5. The van der Waals surface area contributed by atoms with Crippen molar-refractivity contribution in [2.75, 3.05) is 31.2 Å². The third-order valence-corrected chi connectivity index (χ3v) is 5.29. The molecule has 0 spiro atoms. The second-order valence-electron chi connectivity index (χ2n) is 6.03. The summed E-state index contributed by atoms with van der Waals surface area (Å²) in [6.45, 7) is 0.760. The molecule has 1 aliphatic rings. The van der Waals surface area contributed by atoms with Gasteiger partial charge in [0.05, 0.1) is 11.8 Å². The maximum Gasteiger partial charge on any atom is 0.417 e. The second kappa shape index (κ2) is 8.21. The first-order valence-electron chi connectivity index (χ1n) is 8.10. The molecule has 1 aromatic rings. The van der Waals surface area contributed by atoms with Crippen LogP contribution in [-0.4, -0.2) is 55.5 Å². The Bertz CT molecular complexity index is 723. The van der Waals surface area contributed by atoms with Crippen molar-refractivity contribution in [3.8, 4) is 0 Å². The first-order chi connectivity index (χ1) is 12.1. The fraction of sp³-hybridized carbons (Fsp3) is 0.600. The van der Waals surface area contributed by atoms with Gasteiger partial charge in [0.1, 0.15) is 11.9 Å². The number of piperidine rings is 1. The molecule has 2 rings (SSSR count). The molecule has 1 aromatic heterocycles. The number of alkyl halides is 3. The van der Waals surface area contributed by atoms with Crippen molar-refractivity contribution in [2.24, 2.45) is 0 Å². The molecule has 0 aromatic carbocycles. The topological polar surface area (TPSA) is 91.4 Å². The zero-order valence-corrected chi connectivity index (χ0v) is 15.0. The average molecular weight is 394 g/mol. The highest BCUT2D eigenvalue weighted by Crippen LogP contribution is 2.28. The Morgan fingerprint density at radius 1 is 1.31 bits per heavy atom. The third-order valence-electron chi connectivity index (χ3n) is 4.00. The van der Waals surface area contributed by atoms with Gasteiger partial charge in [0.25, 0.3) is 0 Å². The van der Waals surface area contributed by atoms with E-state index in [-0.39, 0.29) is 24.8 Å². The maximum absolute atomic E-state index is 12.5. The van der Waals surface area contributed by atoms with Crippen LogP contribution in [0.2, 0.25) is 0 Å². The van der Waals surface area contributed by atoms with E-state index in [1.807, 2.05) is 0 Å². The van der Waals surface area contributed by atoms with Crippen molar-refractivity contribution in [1.29, 1.82) is 0 Å². The Balaban J connectivity index is 1.81. The van der Waals surface area contributed by atoms with Gasteiger partial charge in [-0.05, 0) is 25.0 Å².